The van der Waals surface area contributed by atoms with E-state index in [-0.39, 0.29) is 6.61 Å². The number of aromatic nitrogens is 2. The molecule has 0 spiro atoms. The molecule has 0 bridgehead atoms. The number of hydrogen-bond donors (Lipinski definition) is 1. The molecule has 0 aliphatic heterocycles. The van der Waals surface area contributed by atoms with Gasteiger partial charge in [0.1, 0.15) is 5.82 Å². The Labute approximate surface area is 83.2 Å². The van der Waals surface area contributed by atoms with E-state index in [2.05, 4.69) is 4.98 Å². The molecule has 0 aliphatic rings. The minimum atomic E-state index is 0.255. The van der Waals surface area contributed by atoms with Gasteiger partial charge in [-0.05, 0) is 0 Å². The minimum Gasteiger partial charge on any atom is -0.395 e. The van der Waals surface area contributed by atoms with Gasteiger partial charge in [-0.3, -0.25) is 0 Å². The van der Waals surface area contributed by atoms with Crippen molar-refractivity contribution in [3.05, 3.63) is 18.2 Å². The Morgan fingerprint density at radius 3 is 3.00 bits per heavy atom. The van der Waals surface area contributed by atoms with Crippen molar-refractivity contribution in [2.24, 2.45) is 7.05 Å². The molecular weight excluding hydrogens is 184 g/mol. The highest BCUT2D eigenvalue weighted by atomic mass is 32.2. The summed E-state index contributed by atoms with van der Waals surface area (Å²) < 4.78 is 2.03. The van der Waals surface area contributed by atoms with Gasteiger partial charge >= 0.3 is 0 Å². The van der Waals surface area contributed by atoms with Crippen molar-refractivity contribution >= 4 is 11.8 Å². The lowest BCUT2D eigenvalue weighted by Crippen LogP contribution is -2.06. The van der Waals surface area contributed by atoms with E-state index in [0.717, 1.165) is 18.0 Å². The predicted molar refractivity (Wildman–Crippen MR) is 55.9 cm³/mol. The summed E-state index contributed by atoms with van der Waals surface area (Å²) in [5.41, 5.74) is 0. The first-order valence-electron chi connectivity index (χ1n) is 4.42. The topological polar surface area (TPSA) is 38.1 Å². The van der Waals surface area contributed by atoms with Gasteiger partial charge in [0.25, 0.3) is 0 Å². The summed E-state index contributed by atoms with van der Waals surface area (Å²) in [4.78, 5) is 4.23. The number of hydrogen-bond acceptors (Lipinski definition) is 3. The van der Waals surface area contributed by atoms with Gasteiger partial charge in [0.05, 0.1) is 6.61 Å². The normalized spacial score (nSPS) is 13.2. The molecule has 4 heteroatoms. The zero-order valence-electron chi connectivity index (χ0n) is 8.10. The molecule has 0 saturated heterocycles. The average Bonchev–Trinajstić information content (AvgIpc) is 2.52. The smallest absolute Gasteiger partial charge is 0.109 e. The van der Waals surface area contributed by atoms with Crippen LogP contribution in [0.4, 0.5) is 0 Å². The lowest BCUT2D eigenvalue weighted by molar-refractivity contribution is 0.300. The van der Waals surface area contributed by atoms with Crippen molar-refractivity contribution in [2.75, 3.05) is 12.4 Å². The summed E-state index contributed by atoms with van der Waals surface area (Å²) >= 11 is 1.78. The van der Waals surface area contributed by atoms with E-state index in [1.807, 2.05) is 30.9 Å². The number of aryl methyl sites for hydroxylation is 2. The monoisotopic (exact) mass is 200 g/mol. The van der Waals surface area contributed by atoms with E-state index in [1.165, 1.54) is 0 Å². The molecule has 3 nitrogen and oxygen atoms in total. The third-order valence-corrected chi connectivity index (χ3v) is 3.06. The highest BCUT2D eigenvalue weighted by Gasteiger charge is 2.02. The molecule has 1 unspecified atom stereocenters. The maximum atomic E-state index is 8.80. The standard InChI is InChI=1S/C9H16N2OS/c1-8(7-12)13-6-3-9-10-4-5-11(9)2/h4-5,8,12H,3,6-7H2,1-2H3. The molecular formula is C9H16N2OS. The molecule has 0 saturated carbocycles. The van der Waals surface area contributed by atoms with Crippen molar-refractivity contribution < 1.29 is 5.11 Å². The van der Waals surface area contributed by atoms with Gasteiger partial charge in [0.15, 0.2) is 0 Å². The zero-order valence-corrected chi connectivity index (χ0v) is 8.92. The van der Waals surface area contributed by atoms with E-state index in [1.54, 1.807) is 11.8 Å². The number of nitrogens with zero attached hydrogens (tertiary/aromatic N) is 2. The second-order valence-corrected chi connectivity index (χ2v) is 4.61. The van der Waals surface area contributed by atoms with Crippen molar-refractivity contribution in [3.63, 3.8) is 0 Å². The van der Waals surface area contributed by atoms with Crippen LogP contribution in [0.15, 0.2) is 12.4 Å². The van der Waals surface area contributed by atoms with Crippen LogP contribution in [0.25, 0.3) is 0 Å². The van der Waals surface area contributed by atoms with Gasteiger partial charge in [-0.2, -0.15) is 11.8 Å². The molecule has 74 valence electrons. The SMILES string of the molecule is CC(CO)SCCc1nccn1C. The summed E-state index contributed by atoms with van der Waals surface area (Å²) in [6.45, 7) is 2.29. The lowest BCUT2D eigenvalue weighted by Gasteiger charge is -2.06. The molecule has 1 aromatic rings. The molecule has 1 rings (SSSR count). The fraction of sp³-hybridized carbons (Fsp3) is 0.667. The van der Waals surface area contributed by atoms with Crippen LogP contribution in [-0.4, -0.2) is 32.3 Å². The minimum absolute atomic E-state index is 0.255. The van der Waals surface area contributed by atoms with E-state index in [9.17, 15) is 0 Å². The maximum Gasteiger partial charge on any atom is 0.109 e. The van der Waals surface area contributed by atoms with E-state index >= 15 is 0 Å². The van der Waals surface area contributed by atoms with Gasteiger partial charge in [-0.15, -0.1) is 0 Å². The molecule has 0 fully saturated rings. The molecule has 0 amide bonds. The van der Waals surface area contributed by atoms with E-state index in [0.29, 0.717) is 5.25 Å². The van der Waals surface area contributed by atoms with Gasteiger partial charge < -0.3 is 9.67 Å². The molecule has 13 heavy (non-hydrogen) atoms. The van der Waals surface area contributed by atoms with Crippen LogP contribution in [0, 0.1) is 0 Å². The van der Waals surface area contributed by atoms with Gasteiger partial charge in [0, 0.05) is 36.9 Å². The Kier molecular flexibility index (Phi) is 4.32. The van der Waals surface area contributed by atoms with Crippen LogP contribution < -0.4 is 0 Å². The number of thioether (sulfide) groups is 1. The van der Waals surface area contributed by atoms with Crippen molar-refractivity contribution in [1.82, 2.24) is 9.55 Å². The first-order chi connectivity index (χ1) is 6.24. The molecule has 1 atom stereocenters. The summed E-state index contributed by atoms with van der Waals surface area (Å²) in [5.74, 6) is 2.13. The molecule has 0 radical (unpaired) electrons. The Hall–Kier alpha value is -0.480. The molecule has 1 heterocycles. The average molecular weight is 200 g/mol. The third kappa shape index (κ3) is 3.40. The van der Waals surface area contributed by atoms with Gasteiger partial charge in [-0.25, -0.2) is 4.98 Å². The molecule has 1 aromatic heterocycles. The summed E-state index contributed by atoms with van der Waals surface area (Å²) in [7, 11) is 2.00. The fourth-order valence-electron chi connectivity index (χ4n) is 1.04. The second kappa shape index (κ2) is 5.29. The summed E-state index contributed by atoms with van der Waals surface area (Å²) in [5, 5.41) is 9.14. The molecule has 1 N–H and O–H groups in total. The van der Waals surface area contributed by atoms with Crippen LogP contribution in [0.3, 0.4) is 0 Å². The number of aliphatic hydroxyl groups is 1. The quantitative estimate of drug-likeness (QED) is 0.773. The maximum absolute atomic E-state index is 8.80. The Bertz CT molecular complexity index is 250. The van der Waals surface area contributed by atoms with Crippen molar-refractivity contribution in [2.45, 2.75) is 18.6 Å². The van der Waals surface area contributed by atoms with Crippen molar-refractivity contribution in [1.29, 1.82) is 0 Å². The number of rotatable bonds is 5. The molecule has 0 aliphatic carbocycles. The van der Waals surface area contributed by atoms with E-state index < -0.39 is 0 Å². The van der Waals surface area contributed by atoms with Crippen molar-refractivity contribution in [3.8, 4) is 0 Å². The van der Waals surface area contributed by atoms with Gasteiger partial charge in [0.2, 0.25) is 0 Å². The Morgan fingerprint density at radius 1 is 1.69 bits per heavy atom. The van der Waals surface area contributed by atoms with Crippen LogP contribution in [0.2, 0.25) is 0 Å². The predicted octanol–water partition coefficient (Wildman–Crippen LogP) is 1.08. The number of aliphatic hydroxyl groups excluding tert-OH is 1. The Morgan fingerprint density at radius 2 is 2.46 bits per heavy atom. The third-order valence-electron chi connectivity index (χ3n) is 1.91. The fourth-order valence-corrected chi connectivity index (χ4v) is 1.85. The van der Waals surface area contributed by atoms with Crippen LogP contribution in [0.1, 0.15) is 12.7 Å². The molecule has 0 aromatic carbocycles. The first kappa shape index (κ1) is 10.6. The highest BCUT2D eigenvalue weighted by molar-refractivity contribution is 7.99. The van der Waals surface area contributed by atoms with Crippen LogP contribution in [-0.2, 0) is 13.5 Å². The second-order valence-electron chi connectivity index (χ2n) is 3.07. The zero-order chi connectivity index (χ0) is 9.68. The van der Waals surface area contributed by atoms with E-state index in [4.69, 9.17) is 5.11 Å². The number of imidazole rings is 1. The lowest BCUT2D eigenvalue weighted by atomic mass is 10.4. The summed E-state index contributed by atoms with van der Waals surface area (Å²) in [6, 6.07) is 0. The summed E-state index contributed by atoms with van der Waals surface area (Å²) in [6.07, 6.45) is 4.74. The Balaban J connectivity index is 2.24. The van der Waals surface area contributed by atoms with Gasteiger partial charge in [-0.1, -0.05) is 6.92 Å². The first-order valence-corrected chi connectivity index (χ1v) is 5.47. The highest BCUT2D eigenvalue weighted by Crippen LogP contribution is 2.11. The van der Waals surface area contributed by atoms with Crippen LogP contribution in [0.5, 0.6) is 0 Å². The van der Waals surface area contributed by atoms with Crippen LogP contribution >= 0.6 is 11.8 Å². The largest absolute Gasteiger partial charge is 0.395 e.